The minimum Gasteiger partial charge on any atom is -0.310 e. The maximum Gasteiger partial charge on any atom is 0.0360 e. The van der Waals surface area contributed by atoms with Crippen LogP contribution in [0.4, 0.5) is 0 Å². The van der Waals surface area contributed by atoms with Crippen molar-refractivity contribution in [3.8, 4) is 0 Å². The molecule has 0 saturated carbocycles. The van der Waals surface area contributed by atoms with E-state index in [4.69, 9.17) is 0 Å². The van der Waals surface area contributed by atoms with Crippen LogP contribution in [0, 0.1) is 13.8 Å². The predicted molar refractivity (Wildman–Crippen MR) is 90.2 cm³/mol. The summed E-state index contributed by atoms with van der Waals surface area (Å²) in [5.74, 6) is 0. The fourth-order valence-electron chi connectivity index (χ4n) is 2.62. The molecule has 20 heavy (non-hydrogen) atoms. The molecule has 0 aliphatic carbocycles. The lowest BCUT2D eigenvalue weighted by atomic mass is 9.93. The lowest BCUT2D eigenvalue weighted by molar-refractivity contribution is 0.547. The van der Waals surface area contributed by atoms with Crippen LogP contribution in [0.1, 0.15) is 35.2 Å². The highest BCUT2D eigenvalue weighted by Gasteiger charge is 2.13. The number of benzene rings is 2. The van der Waals surface area contributed by atoms with E-state index in [2.05, 4.69) is 84.5 Å². The van der Waals surface area contributed by atoms with Crippen molar-refractivity contribution in [3.05, 3.63) is 69.2 Å². The summed E-state index contributed by atoms with van der Waals surface area (Å²) < 4.78 is 1.13. The summed E-state index contributed by atoms with van der Waals surface area (Å²) in [6, 6.07) is 15.5. The molecule has 0 saturated heterocycles. The van der Waals surface area contributed by atoms with E-state index in [1.807, 2.05) is 0 Å². The Bertz CT molecular complexity index is 540. The van der Waals surface area contributed by atoms with Crippen LogP contribution in [0.5, 0.6) is 0 Å². The standard InChI is InChI=1S/C18H22BrN/c1-4-20-18(15-8-10-16(19)11-9-15)12-17-13(2)6-5-7-14(17)3/h5-11,18,20H,4,12H2,1-3H3. The van der Waals surface area contributed by atoms with Crippen LogP contribution in [0.25, 0.3) is 0 Å². The highest BCUT2D eigenvalue weighted by Crippen LogP contribution is 2.24. The number of hydrogen-bond donors (Lipinski definition) is 1. The molecule has 0 radical (unpaired) electrons. The van der Waals surface area contributed by atoms with Crippen molar-refractivity contribution in [2.75, 3.05) is 6.54 Å². The second-order valence-electron chi connectivity index (χ2n) is 5.24. The lowest BCUT2D eigenvalue weighted by Gasteiger charge is -2.21. The van der Waals surface area contributed by atoms with Crippen LogP contribution < -0.4 is 5.32 Å². The number of halogens is 1. The molecule has 0 bridgehead atoms. The zero-order valence-corrected chi connectivity index (χ0v) is 14.0. The molecule has 0 aromatic heterocycles. The van der Waals surface area contributed by atoms with Gasteiger partial charge in [-0.1, -0.05) is 53.2 Å². The Morgan fingerprint density at radius 3 is 2.15 bits per heavy atom. The monoisotopic (exact) mass is 331 g/mol. The Morgan fingerprint density at radius 1 is 1.00 bits per heavy atom. The Hall–Kier alpha value is -1.12. The molecule has 106 valence electrons. The Morgan fingerprint density at radius 2 is 1.60 bits per heavy atom. The molecule has 1 unspecified atom stereocenters. The third-order valence-corrected chi connectivity index (χ3v) is 4.30. The van der Waals surface area contributed by atoms with Crippen molar-refractivity contribution in [2.45, 2.75) is 33.2 Å². The lowest BCUT2D eigenvalue weighted by Crippen LogP contribution is -2.23. The first-order chi connectivity index (χ1) is 9.61. The van der Waals surface area contributed by atoms with Crippen molar-refractivity contribution < 1.29 is 0 Å². The van der Waals surface area contributed by atoms with Crippen LogP contribution in [0.15, 0.2) is 46.9 Å². The van der Waals surface area contributed by atoms with E-state index in [-0.39, 0.29) is 0 Å². The molecule has 0 spiro atoms. The van der Waals surface area contributed by atoms with Crippen LogP contribution in [-0.4, -0.2) is 6.54 Å². The SMILES string of the molecule is CCNC(Cc1c(C)cccc1C)c1ccc(Br)cc1. The van der Waals surface area contributed by atoms with Crippen LogP contribution in [0.2, 0.25) is 0 Å². The summed E-state index contributed by atoms with van der Waals surface area (Å²) in [5.41, 5.74) is 5.56. The molecular formula is C18H22BrN. The normalized spacial score (nSPS) is 12.4. The molecular weight excluding hydrogens is 310 g/mol. The Balaban J connectivity index is 2.28. The van der Waals surface area contributed by atoms with Crippen molar-refractivity contribution in [1.29, 1.82) is 0 Å². The molecule has 2 rings (SSSR count). The quantitative estimate of drug-likeness (QED) is 0.816. The third kappa shape index (κ3) is 3.71. The van der Waals surface area contributed by atoms with Crippen molar-refractivity contribution in [2.24, 2.45) is 0 Å². The zero-order valence-electron chi connectivity index (χ0n) is 12.4. The van der Waals surface area contributed by atoms with Gasteiger partial charge in [-0.15, -0.1) is 0 Å². The van der Waals surface area contributed by atoms with Crippen molar-refractivity contribution >= 4 is 15.9 Å². The van der Waals surface area contributed by atoms with Gasteiger partial charge in [0.25, 0.3) is 0 Å². The van der Waals surface area contributed by atoms with E-state index in [9.17, 15) is 0 Å². The average molecular weight is 332 g/mol. The van der Waals surface area contributed by atoms with Gasteiger partial charge < -0.3 is 5.32 Å². The van der Waals surface area contributed by atoms with Gasteiger partial charge in [0.05, 0.1) is 0 Å². The number of likely N-dealkylation sites (N-methyl/N-ethyl adjacent to an activating group) is 1. The maximum absolute atomic E-state index is 3.61. The Labute approximate surface area is 130 Å². The van der Waals surface area contributed by atoms with Gasteiger partial charge in [-0.3, -0.25) is 0 Å². The smallest absolute Gasteiger partial charge is 0.0360 e. The van der Waals surface area contributed by atoms with Gasteiger partial charge in [0.2, 0.25) is 0 Å². The maximum atomic E-state index is 3.61. The van der Waals surface area contributed by atoms with Gasteiger partial charge in [-0.05, 0) is 61.2 Å². The summed E-state index contributed by atoms with van der Waals surface area (Å²) in [6.45, 7) is 7.54. The highest BCUT2D eigenvalue weighted by molar-refractivity contribution is 9.10. The molecule has 2 aromatic carbocycles. The summed E-state index contributed by atoms with van der Waals surface area (Å²) >= 11 is 3.50. The van der Waals surface area contributed by atoms with Gasteiger partial charge >= 0.3 is 0 Å². The summed E-state index contributed by atoms with van der Waals surface area (Å²) in [6.07, 6.45) is 1.04. The molecule has 0 heterocycles. The minimum absolute atomic E-state index is 0.368. The van der Waals surface area contributed by atoms with Gasteiger partial charge in [0, 0.05) is 10.5 Å². The third-order valence-electron chi connectivity index (χ3n) is 3.78. The fourth-order valence-corrected chi connectivity index (χ4v) is 2.89. The molecule has 0 amide bonds. The second-order valence-corrected chi connectivity index (χ2v) is 6.15. The van der Waals surface area contributed by atoms with Gasteiger partial charge in [0.1, 0.15) is 0 Å². The molecule has 2 heteroatoms. The molecule has 1 N–H and O–H groups in total. The number of hydrogen-bond acceptors (Lipinski definition) is 1. The van der Waals surface area contributed by atoms with Crippen LogP contribution >= 0.6 is 15.9 Å². The van der Waals surface area contributed by atoms with Gasteiger partial charge in [-0.25, -0.2) is 0 Å². The second kappa shape index (κ2) is 7.05. The van der Waals surface area contributed by atoms with E-state index >= 15 is 0 Å². The zero-order chi connectivity index (χ0) is 14.5. The molecule has 1 nitrogen and oxygen atoms in total. The van der Waals surface area contributed by atoms with Gasteiger partial charge in [0.15, 0.2) is 0 Å². The van der Waals surface area contributed by atoms with Crippen molar-refractivity contribution in [1.82, 2.24) is 5.32 Å². The van der Waals surface area contributed by atoms with E-state index in [1.54, 1.807) is 0 Å². The predicted octanol–water partition coefficient (Wildman–Crippen LogP) is 4.96. The molecule has 1 atom stereocenters. The van der Waals surface area contributed by atoms with E-state index in [0.29, 0.717) is 6.04 Å². The van der Waals surface area contributed by atoms with Crippen molar-refractivity contribution in [3.63, 3.8) is 0 Å². The summed E-state index contributed by atoms with van der Waals surface area (Å²) in [4.78, 5) is 0. The number of rotatable bonds is 5. The van der Waals surface area contributed by atoms with E-state index < -0.39 is 0 Å². The number of nitrogens with one attached hydrogen (secondary N) is 1. The van der Waals surface area contributed by atoms with E-state index in [1.165, 1.54) is 22.3 Å². The molecule has 0 aliphatic heterocycles. The minimum atomic E-state index is 0.368. The topological polar surface area (TPSA) is 12.0 Å². The first-order valence-electron chi connectivity index (χ1n) is 7.15. The molecule has 0 aliphatic rings. The highest BCUT2D eigenvalue weighted by atomic mass is 79.9. The van der Waals surface area contributed by atoms with Crippen LogP contribution in [0.3, 0.4) is 0 Å². The molecule has 2 aromatic rings. The van der Waals surface area contributed by atoms with Crippen LogP contribution in [-0.2, 0) is 6.42 Å². The fraction of sp³-hybridized carbons (Fsp3) is 0.333. The van der Waals surface area contributed by atoms with E-state index in [0.717, 1.165) is 17.4 Å². The summed E-state index contributed by atoms with van der Waals surface area (Å²) in [7, 11) is 0. The molecule has 0 fully saturated rings. The van der Waals surface area contributed by atoms with Gasteiger partial charge in [-0.2, -0.15) is 0 Å². The first-order valence-corrected chi connectivity index (χ1v) is 7.95. The summed E-state index contributed by atoms with van der Waals surface area (Å²) in [5, 5.41) is 3.61. The average Bonchev–Trinajstić information content (AvgIpc) is 2.43. The Kier molecular flexibility index (Phi) is 5.38. The number of aryl methyl sites for hydroxylation is 2. The largest absolute Gasteiger partial charge is 0.310 e. The first kappa shape index (κ1) is 15.3.